The molecule has 0 N–H and O–H groups in total. The maximum Gasteiger partial charge on any atom is 0.220 e. The van der Waals surface area contributed by atoms with Crippen molar-refractivity contribution in [1.82, 2.24) is 35.2 Å². The van der Waals surface area contributed by atoms with Gasteiger partial charge in [-0.15, -0.1) is 5.10 Å². The minimum Gasteiger partial charge on any atom is -0.494 e. The van der Waals surface area contributed by atoms with E-state index >= 15 is 0 Å². The second-order valence-electron chi connectivity index (χ2n) is 5.55. The van der Waals surface area contributed by atoms with Crippen LogP contribution in [0.25, 0.3) is 17.1 Å². The summed E-state index contributed by atoms with van der Waals surface area (Å²) in [4.78, 5) is 13.2. The smallest absolute Gasteiger partial charge is 0.220 e. The lowest BCUT2D eigenvalue weighted by atomic mass is 10.2. The first-order chi connectivity index (χ1) is 13.2. The van der Waals surface area contributed by atoms with Gasteiger partial charge in [0.2, 0.25) is 5.16 Å². The Bertz CT molecular complexity index is 1070. The van der Waals surface area contributed by atoms with E-state index in [1.807, 2.05) is 49.4 Å². The van der Waals surface area contributed by atoms with Crippen molar-refractivity contribution in [2.75, 3.05) is 7.11 Å². The fraction of sp³-hybridized carbons (Fsp3) is 0.111. The second-order valence-corrected chi connectivity index (χ2v) is 6.54. The molecule has 1 aromatic carbocycles. The minimum atomic E-state index is 0.582. The molecule has 0 atom stereocenters. The Hall–Kier alpha value is -3.33. The van der Waals surface area contributed by atoms with Gasteiger partial charge in [-0.2, -0.15) is 4.68 Å². The molecule has 3 aromatic heterocycles. The highest BCUT2D eigenvalue weighted by Crippen LogP contribution is 2.30. The summed E-state index contributed by atoms with van der Waals surface area (Å²) in [5.41, 5.74) is 2.52. The van der Waals surface area contributed by atoms with Gasteiger partial charge in [-0.05, 0) is 59.4 Å². The number of benzene rings is 1. The summed E-state index contributed by atoms with van der Waals surface area (Å²) in [6.45, 7) is 1.93. The van der Waals surface area contributed by atoms with Gasteiger partial charge in [0.1, 0.15) is 16.5 Å². The van der Waals surface area contributed by atoms with Crippen LogP contribution in [0.5, 0.6) is 5.75 Å². The summed E-state index contributed by atoms with van der Waals surface area (Å²) in [7, 11) is 1.62. The molecule has 4 rings (SSSR count). The Kier molecular flexibility index (Phi) is 4.75. The molecule has 0 fully saturated rings. The minimum absolute atomic E-state index is 0.582. The van der Waals surface area contributed by atoms with Crippen molar-refractivity contribution in [2.24, 2.45) is 0 Å². The van der Waals surface area contributed by atoms with Crippen LogP contribution in [0.4, 0.5) is 0 Å². The zero-order chi connectivity index (χ0) is 18.6. The largest absolute Gasteiger partial charge is 0.494 e. The van der Waals surface area contributed by atoms with Crippen molar-refractivity contribution < 1.29 is 4.74 Å². The van der Waals surface area contributed by atoms with Crippen LogP contribution < -0.4 is 4.74 Å². The van der Waals surface area contributed by atoms with E-state index in [1.54, 1.807) is 24.2 Å². The molecule has 0 bridgehead atoms. The molecule has 134 valence electrons. The van der Waals surface area contributed by atoms with Crippen LogP contribution >= 0.6 is 11.8 Å². The number of hydrogen-bond acceptors (Lipinski definition) is 8. The lowest BCUT2D eigenvalue weighted by Gasteiger charge is -2.09. The molecule has 0 saturated carbocycles. The molecule has 0 amide bonds. The molecule has 9 heteroatoms. The van der Waals surface area contributed by atoms with Gasteiger partial charge in [-0.25, -0.2) is 9.97 Å². The number of ether oxygens (including phenoxy) is 1. The van der Waals surface area contributed by atoms with Crippen LogP contribution in [0.3, 0.4) is 0 Å². The van der Waals surface area contributed by atoms with Crippen LogP contribution in [0.15, 0.2) is 65.0 Å². The first-order valence-electron chi connectivity index (χ1n) is 8.10. The van der Waals surface area contributed by atoms with Crippen LogP contribution in [0, 0.1) is 6.92 Å². The third kappa shape index (κ3) is 3.63. The van der Waals surface area contributed by atoms with Gasteiger partial charge in [0.25, 0.3) is 0 Å². The lowest BCUT2D eigenvalue weighted by molar-refractivity contribution is 0.410. The normalized spacial score (nSPS) is 10.7. The Morgan fingerprint density at radius 2 is 1.85 bits per heavy atom. The van der Waals surface area contributed by atoms with E-state index in [4.69, 9.17) is 4.74 Å². The number of hydrogen-bond donors (Lipinski definition) is 0. The van der Waals surface area contributed by atoms with E-state index in [1.165, 1.54) is 11.8 Å². The van der Waals surface area contributed by atoms with Crippen molar-refractivity contribution in [3.8, 4) is 22.8 Å². The molecule has 0 radical (unpaired) electrons. The highest BCUT2D eigenvalue weighted by Gasteiger charge is 2.15. The van der Waals surface area contributed by atoms with E-state index in [0.29, 0.717) is 16.7 Å². The molecule has 8 nitrogen and oxygen atoms in total. The summed E-state index contributed by atoms with van der Waals surface area (Å²) >= 11 is 1.36. The molecule has 0 unspecified atom stereocenters. The number of tetrazole rings is 1. The van der Waals surface area contributed by atoms with E-state index < -0.39 is 0 Å². The Labute approximate surface area is 159 Å². The summed E-state index contributed by atoms with van der Waals surface area (Å²) in [6.07, 6.45) is 3.44. The Morgan fingerprint density at radius 1 is 1.04 bits per heavy atom. The average Bonchev–Trinajstić information content (AvgIpc) is 3.16. The number of aromatic nitrogens is 7. The Balaban J connectivity index is 1.70. The number of methoxy groups -OCH3 is 1. The third-order valence-electron chi connectivity index (χ3n) is 3.72. The van der Waals surface area contributed by atoms with Gasteiger partial charge in [0.15, 0.2) is 5.82 Å². The summed E-state index contributed by atoms with van der Waals surface area (Å²) < 4.78 is 7.05. The first-order valence-corrected chi connectivity index (χ1v) is 8.92. The average molecular weight is 377 g/mol. The first kappa shape index (κ1) is 17.1. The van der Waals surface area contributed by atoms with Crippen molar-refractivity contribution in [3.05, 3.63) is 60.6 Å². The summed E-state index contributed by atoms with van der Waals surface area (Å²) in [6, 6.07) is 13.2. The highest BCUT2D eigenvalue weighted by molar-refractivity contribution is 7.99. The van der Waals surface area contributed by atoms with Crippen molar-refractivity contribution >= 4 is 11.8 Å². The fourth-order valence-corrected chi connectivity index (χ4v) is 3.36. The highest BCUT2D eigenvalue weighted by atomic mass is 32.2. The molecule has 0 aliphatic heterocycles. The molecule has 0 saturated heterocycles. The van der Waals surface area contributed by atoms with Gasteiger partial charge in [-0.3, -0.25) is 4.98 Å². The Morgan fingerprint density at radius 3 is 2.67 bits per heavy atom. The molecule has 4 aromatic rings. The van der Waals surface area contributed by atoms with Crippen LogP contribution in [-0.2, 0) is 0 Å². The monoisotopic (exact) mass is 377 g/mol. The maximum absolute atomic E-state index is 5.41. The number of pyridine rings is 1. The van der Waals surface area contributed by atoms with E-state index in [-0.39, 0.29) is 0 Å². The van der Waals surface area contributed by atoms with Crippen molar-refractivity contribution in [1.29, 1.82) is 0 Å². The molecule has 0 spiro atoms. The summed E-state index contributed by atoms with van der Waals surface area (Å²) in [5, 5.41) is 13.4. The topological polar surface area (TPSA) is 91.5 Å². The van der Waals surface area contributed by atoms with Gasteiger partial charge in [0.05, 0.1) is 7.11 Å². The zero-order valence-electron chi connectivity index (χ0n) is 14.6. The summed E-state index contributed by atoms with van der Waals surface area (Å²) in [5.74, 6) is 1.32. The predicted molar refractivity (Wildman–Crippen MR) is 99.8 cm³/mol. The fourth-order valence-electron chi connectivity index (χ4n) is 2.51. The van der Waals surface area contributed by atoms with Crippen molar-refractivity contribution in [2.45, 2.75) is 17.1 Å². The zero-order valence-corrected chi connectivity index (χ0v) is 15.5. The van der Waals surface area contributed by atoms with Gasteiger partial charge < -0.3 is 4.74 Å². The van der Waals surface area contributed by atoms with Crippen LogP contribution in [0.1, 0.15) is 5.69 Å². The van der Waals surface area contributed by atoms with Gasteiger partial charge in [-0.1, -0.05) is 12.1 Å². The predicted octanol–water partition coefficient (Wildman–Crippen LogP) is 2.98. The molecular weight excluding hydrogens is 362 g/mol. The number of rotatable bonds is 5. The molecule has 0 aliphatic carbocycles. The van der Waals surface area contributed by atoms with E-state index in [9.17, 15) is 0 Å². The second kappa shape index (κ2) is 7.50. The van der Waals surface area contributed by atoms with Crippen molar-refractivity contribution in [3.63, 3.8) is 0 Å². The molecular formula is C18H15N7OS. The standard InChI is InChI=1S/C18H15N7OS/c1-12-11-16(21-17(20-12)13-7-9-19-10-8-13)27-18-22-23-24-25(18)14-5-3-4-6-15(14)26-2/h3-11H,1-2H3. The maximum atomic E-state index is 5.41. The number of nitrogens with zero attached hydrogens (tertiary/aromatic N) is 7. The quantitative estimate of drug-likeness (QED) is 0.490. The number of aryl methyl sites for hydroxylation is 1. The van der Waals surface area contributed by atoms with E-state index in [0.717, 1.165) is 22.0 Å². The van der Waals surface area contributed by atoms with E-state index in [2.05, 4.69) is 30.5 Å². The SMILES string of the molecule is COc1ccccc1-n1nnnc1Sc1cc(C)nc(-c2ccncc2)n1. The molecule has 3 heterocycles. The number of para-hydroxylation sites is 2. The van der Waals surface area contributed by atoms with Gasteiger partial charge in [0, 0.05) is 23.7 Å². The lowest BCUT2D eigenvalue weighted by Crippen LogP contribution is -2.02. The van der Waals surface area contributed by atoms with Crippen LogP contribution in [-0.4, -0.2) is 42.3 Å². The molecule has 0 aliphatic rings. The van der Waals surface area contributed by atoms with Gasteiger partial charge >= 0.3 is 0 Å². The molecule has 27 heavy (non-hydrogen) atoms. The third-order valence-corrected chi connectivity index (χ3v) is 4.57. The van der Waals surface area contributed by atoms with Crippen LogP contribution in [0.2, 0.25) is 0 Å².